The molecule has 0 aromatic heterocycles. The molecule has 0 amide bonds. The van der Waals surface area contributed by atoms with E-state index in [0.717, 1.165) is 12.0 Å². The minimum absolute atomic E-state index is 0.129. The number of fused-ring (bicyclic) bond motifs is 1. The van der Waals surface area contributed by atoms with Gasteiger partial charge in [0.25, 0.3) is 0 Å². The molecule has 0 spiro atoms. The summed E-state index contributed by atoms with van der Waals surface area (Å²) in [4.78, 5) is 11.1. The smallest absolute Gasteiger partial charge is 0.384 e. The quantitative estimate of drug-likeness (QED) is 0.579. The fraction of sp³-hybridized carbons (Fsp3) is 0.300. The van der Waals surface area contributed by atoms with Gasteiger partial charge in [-0.2, -0.15) is 8.78 Å². The average molecular weight is 233 g/mol. The highest BCUT2D eigenvalue weighted by Gasteiger charge is 2.37. The molecule has 0 saturated carbocycles. The maximum atomic E-state index is 12.5. The lowest BCUT2D eigenvalue weighted by Crippen LogP contribution is -2.21. The van der Waals surface area contributed by atoms with Gasteiger partial charge in [0.2, 0.25) is 5.78 Å². The zero-order chi connectivity index (χ0) is 11.1. The van der Waals surface area contributed by atoms with Crippen molar-refractivity contribution in [1.82, 2.24) is 0 Å². The highest BCUT2D eigenvalue weighted by atomic mass is 35.5. The number of alkyl halides is 3. The third kappa shape index (κ3) is 1.95. The Hall–Kier alpha value is -1.16. The van der Waals surface area contributed by atoms with Gasteiger partial charge in [-0.05, 0) is 23.2 Å². The van der Waals surface area contributed by atoms with Crippen LogP contribution in [0.1, 0.15) is 15.9 Å². The van der Waals surface area contributed by atoms with E-state index in [4.69, 9.17) is 4.74 Å². The zero-order valence-corrected chi connectivity index (χ0v) is 8.35. The van der Waals surface area contributed by atoms with Crippen LogP contribution >= 0.6 is 11.6 Å². The van der Waals surface area contributed by atoms with Crippen LogP contribution in [0.15, 0.2) is 18.2 Å². The van der Waals surface area contributed by atoms with Crippen LogP contribution in [-0.2, 0) is 6.42 Å². The van der Waals surface area contributed by atoms with Crippen molar-refractivity contribution in [2.45, 2.75) is 11.8 Å². The Bertz CT molecular complexity index is 412. The topological polar surface area (TPSA) is 26.3 Å². The number of benzene rings is 1. The summed E-state index contributed by atoms with van der Waals surface area (Å²) in [5.74, 6) is -0.913. The van der Waals surface area contributed by atoms with Crippen molar-refractivity contribution in [2.24, 2.45) is 0 Å². The molecule has 15 heavy (non-hydrogen) atoms. The summed E-state index contributed by atoms with van der Waals surface area (Å²) < 4.78 is 30.2. The minimum atomic E-state index is -3.85. The van der Waals surface area contributed by atoms with E-state index < -0.39 is 11.2 Å². The van der Waals surface area contributed by atoms with E-state index in [1.807, 2.05) is 0 Å². The molecule has 1 aliphatic heterocycles. The Morgan fingerprint density at radius 1 is 1.47 bits per heavy atom. The molecule has 5 heteroatoms. The van der Waals surface area contributed by atoms with Crippen LogP contribution in [0.4, 0.5) is 8.78 Å². The second kappa shape index (κ2) is 3.45. The molecule has 0 radical (unpaired) electrons. The van der Waals surface area contributed by atoms with Crippen molar-refractivity contribution < 1.29 is 18.3 Å². The molecule has 1 aliphatic rings. The maximum absolute atomic E-state index is 12.5. The normalized spacial score (nSPS) is 14.6. The van der Waals surface area contributed by atoms with Crippen LogP contribution in [0.5, 0.6) is 5.75 Å². The standard InChI is InChI=1S/C10H7ClF2O2/c11-10(12,13)9(14)7-2-1-6-3-4-15-8(6)5-7/h1-2,5H,3-4H2. The van der Waals surface area contributed by atoms with Gasteiger partial charge in [-0.3, -0.25) is 4.79 Å². The van der Waals surface area contributed by atoms with E-state index in [9.17, 15) is 13.6 Å². The number of ether oxygens (including phenoxy) is 1. The molecule has 0 aliphatic carbocycles. The predicted molar refractivity (Wildman–Crippen MR) is 50.8 cm³/mol. The van der Waals surface area contributed by atoms with Crippen molar-refractivity contribution >= 4 is 17.4 Å². The van der Waals surface area contributed by atoms with Gasteiger partial charge in [0.05, 0.1) is 6.61 Å². The molecule has 0 unspecified atom stereocenters. The molecule has 1 heterocycles. The highest BCUT2D eigenvalue weighted by Crippen LogP contribution is 2.30. The molecule has 80 valence electrons. The minimum Gasteiger partial charge on any atom is -0.493 e. The number of Topliss-reactive ketones (excluding diaryl/α,β-unsaturated/α-hetero) is 1. The van der Waals surface area contributed by atoms with Crippen LogP contribution in [0.3, 0.4) is 0 Å². The SMILES string of the molecule is O=C(c1ccc2c(c1)OCC2)C(F)(F)Cl. The van der Waals surface area contributed by atoms with E-state index in [1.54, 1.807) is 6.07 Å². The van der Waals surface area contributed by atoms with Gasteiger partial charge in [-0.1, -0.05) is 12.1 Å². The number of carbonyl (C=O) groups excluding carboxylic acids is 1. The first-order valence-electron chi connectivity index (χ1n) is 4.36. The molecule has 1 aromatic carbocycles. The van der Waals surface area contributed by atoms with Gasteiger partial charge in [0.1, 0.15) is 5.75 Å². The van der Waals surface area contributed by atoms with E-state index >= 15 is 0 Å². The molecule has 2 rings (SSSR count). The average Bonchev–Trinajstić information content (AvgIpc) is 2.61. The number of rotatable bonds is 2. The Morgan fingerprint density at radius 2 is 2.20 bits per heavy atom. The third-order valence-corrected chi connectivity index (χ3v) is 2.39. The van der Waals surface area contributed by atoms with E-state index in [-0.39, 0.29) is 5.56 Å². The molecule has 0 N–H and O–H groups in total. The lowest BCUT2D eigenvalue weighted by molar-refractivity contribution is 0.0536. The van der Waals surface area contributed by atoms with Crippen molar-refractivity contribution in [3.05, 3.63) is 29.3 Å². The monoisotopic (exact) mass is 232 g/mol. The van der Waals surface area contributed by atoms with Crippen molar-refractivity contribution in [1.29, 1.82) is 0 Å². The first-order chi connectivity index (χ1) is 6.98. The van der Waals surface area contributed by atoms with Gasteiger partial charge in [-0.25, -0.2) is 0 Å². The maximum Gasteiger partial charge on any atom is 0.384 e. The molecule has 0 saturated heterocycles. The first kappa shape index (κ1) is 10.4. The van der Waals surface area contributed by atoms with Crippen LogP contribution in [0.2, 0.25) is 0 Å². The molecule has 0 fully saturated rings. The lowest BCUT2D eigenvalue weighted by Gasteiger charge is -2.07. The van der Waals surface area contributed by atoms with Gasteiger partial charge in [0.15, 0.2) is 0 Å². The van der Waals surface area contributed by atoms with Crippen molar-refractivity contribution in [3.63, 3.8) is 0 Å². The van der Waals surface area contributed by atoms with Crippen LogP contribution in [0.25, 0.3) is 0 Å². The summed E-state index contributed by atoms with van der Waals surface area (Å²) >= 11 is 4.65. The molecule has 0 bridgehead atoms. The summed E-state index contributed by atoms with van der Waals surface area (Å²) in [6.07, 6.45) is 0.737. The van der Waals surface area contributed by atoms with Gasteiger partial charge < -0.3 is 4.74 Å². The van der Waals surface area contributed by atoms with Crippen LogP contribution in [0, 0.1) is 0 Å². The van der Waals surface area contributed by atoms with Crippen molar-refractivity contribution in [2.75, 3.05) is 6.61 Å². The van der Waals surface area contributed by atoms with E-state index in [0.29, 0.717) is 12.4 Å². The fourth-order valence-electron chi connectivity index (χ4n) is 1.47. The molecular weight excluding hydrogens is 226 g/mol. The summed E-state index contributed by atoms with van der Waals surface area (Å²) in [6, 6.07) is 4.26. The number of hydrogen-bond acceptors (Lipinski definition) is 2. The lowest BCUT2D eigenvalue weighted by atomic mass is 10.1. The van der Waals surface area contributed by atoms with Gasteiger partial charge in [0, 0.05) is 12.0 Å². The number of hydrogen-bond donors (Lipinski definition) is 0. The molecule has 2 nitrogen and oxygen atoms in total. The number of ketones is 1. The summed E-state index contributed by atoms with van der Waals surface area (Å²) in [5, 5.41) is -3.85. The highest BCUT2D eigenvalue weighted by molar-refractivity contribution is 6.35. The van der Waals surface area contributed by atoms with Crippen LogP contribution < -0.4 is 4.74 Å². The number of halogens is 3. The molecular formula is C10H7ClF2O2. The van der Waals surface area contributed by atoms with Crippen LogP contribution in [-0.4, -0.2) is 17.8 Å². The van der Waals surface area contributed by atoms with E-state index in [2.05, 4.69) is 11.6 Å². The Morgan fingerprint density at radius 3 is 2.87 bits per heavy atom. The van der Waals surface area contributed by atoms with Gasteiger partial charge in [-0.15, -0.1) is 0 Å². The van der Waals surface area contributed by atoms with Crippen molar-refractivity contribution in [3.8, 4) is 5.75 Å². The largest absolute Gasteiger partial charge is 0.493 e. The molecule has 1 aromatic rings. The Balaban J connectivity index is 2.35. The first-order valence-corrected chi connectivity index (χ1v) is 4.73. The predicted octanol–water partition coefficient (Wildman–Crippen LogP) is 2.64. The number of carbonyl (C=O) groups is 1. The third-order valence-electron chi connectivity index (χ3n) is 2.22. The fourth-order valence-corrected chi connectivity index (χ4v) is 1.58. The Kier molecular flexibility index (Phi) is 2.38. The second-order valence-corrected chi connectivity index (χ2v) is 3.72. The summed E-state index contributed by atoms with van der Waals surface area (Å²) in [5.41, 5.74) is 0.792. The van der Waals surface area contributed by atoms with E-state index in [1.165, 1.54) is 12.1 Å². The summed E-state index contributed by atoms with van der Waals surface area (Å²) in [6.45, 7) is 0.518. The zero-order valence-electron chi connectivity index (χ0n) is 7.60. The summed E-state index contributed by atoms with van der Waals surface area (Å²) in [7, 11) is 0. The second-order valence-electron chi connectivity index (χ2n) is 3.25. The Labute approximate surface area is 89.8 Å². The van der Waals surface area contributed by atoms with Gasteiger partial charge >= 0.3 is 5.38 Å². The molecule has 0 atom stereocenters.